The highest BCUT2D eigenvalue weighted by molar-refractivity contribution is 5.25. The highest BCUT2D eigenvalue weighted by Gasteiger charge is 2.17. The Morgan fingerprint density at radius 3 is 2.18 bits per heavy atom. The molecule has 1 aromatic carbocycles. The average Bonchev–Trinajstić information content (AvgIpc) is 2.35. The summed E-state index contributed by atoms with van der Waals surface area (Å²) in [6.07, 6.45) is 6.70. The number of hydrogen-bond acceptors (Lipinski definition) is 0. The summed E-state index contributed by atoms with van der Waals surface area (Å²) >= 11 is 0. The number of aryl methyl sites for hydroxylation is 1. The van der Waals surface area contributed by atoms with Gasteiger partial charge in [0.2, 0.25) is 0 Å². The van der Waals surface area contributed by atoms with Crippen LogP contribution in [-0.2, 0) is 0 Å². The minimum absolute atomic E-state index is 0.757. The van der Waals surface area contributed by atoms with Gasteiger partial charge in [-0.15, -0.1) is 0 Å². The van der Waals surface area contributed by atoms with Gasteiger partial charge in [-0.3, -0.25) is 0 Å². The summed E-state index contributed by atoms with van der Waals surface area (Å²) in [6, 6.07) is 9.17. The third-order valence-corrected chi connectivity index (χ3v) is 3.96. The van der Waals surface area contributed by atoms with Crippen LogP contribution in [0.5, 0.6) is 0 Å². The number of hydrogen-bond donors (Lipinski definition) is 0. The Kier molecular flexibility index (Phi) is 6.32. The largest absolute Gasteiger partial charge is 0.0654 e. The predicted molar refractivity (Wildman–Crippen MR) is 77.5 cm³/mol. The molecule has 1 aromatic rings. The first-order valence-corrected chi connectivity index (χ1v) is 7.25. The molecule has 0 heteroatoms. The van der Waals surface area contributed by atoms with Crippen LogP contribution in [0.2, 0.25) is 0 Å². The van der Waals surface area contributed by atoms with Crippen molar-refractivity contribution in [2.24, 2.45) is 5.92 Å². The summed E-state index contributed by atoms with van der Waals surface area (Å²) in [4.78, 5) is 0. The molecule has 0 spiro atoms. The Bertz CT molecular complexity index is 296. The molecule has 0 nitrogen and oxygen atoms in total. The van der Waals surface area contributed by atoms with Crippen molar-refractivity contribution in [2.75, 3.05) is 0 Å². The van der Waals surface area contributed by atoms with Gasteiger partial charge in [0.1, 0.15) is 0 Å². The molecular formula is C17H28. The fourth-order valence-electron chi connectivity index (χ4n) is 2.49. The molecule has 96 valence electrons. The zero-order valence-electron chi connectivity index (χ0n) is 12.0. The van der Waals surface area contributed by atoms with Crippen molar-refractivity contribution in [3.63, 3.8) is 0 Å². The second-order valence-electron chi connectivity index (χ2n) is 5.40. The van der Waals surface area contributed by atoms with Crippen molar-refractivity contribution in [1.82, 2.24) is 0 Å². The standard InChI is InChI=1S/C17H28/c1-5-7-8-9-17(15(4)6-2)16-12-10-14(3)11-13-16/h10-13,15,17H,5-9H2,1-4H3. The van der Waals surface area contributed by atoms with Gasteiger partial charge in [-0.25, -0.2) is 0 Å². The van der Waals surface area contributed by atoms with Crippen LogP contribution in [0.15, 0.2) is 24.3 Å². The molecule has 1 rings (SSSR count). The fourth-order valence-corrected chi connectivity index (χ4v) is 2.49. The topological polar surface area (TPSA) is 0 Å². The van der Waals surface area contributed by atoms with Crippen molar-refractivity contribution in [3.05, 3.63) is 35.4 Å². The minimum Gasteiger partial charge on any atom is -0.0654 e. The van der Waals surface area contributed by atoms with Crippen LogP contribution in [0.25, 0.3) is 0 Å². The summed E-state index contributed by atoms with van der Waals surface area (Å²) < 4.78 is 0. The SMILES string of the molecule is CCCCCC(c1ccc(C)cc1)C(C)CC. The Labute approximate surface area is 107 Å². The maximum atomic E-state index is 2.40. The van der Waals surface area contributed by atoms with Crippen molar-refractivity contribution in [2.45, 2.75) is 65.7 Å². The predicted octanol–water partition coefficient (Wildman–Crippen LogP) is 5.71. The first kappa shape index (κ1) is 14.3. The monoisotopic (exact) mass is 232 g/mol. The van der Waals surface area contributed by atoms with E-state index in [1.165, 1.54) is 37.7 Å². The summed E-state index contributed by atoms with van der Waals surface area (Å²) in [5.74, 6) is 1.56. The summed E-state index contributed by atoms with van der Waals surface area (Å²) in [5.41, 5.74) is 2.91. The quantitative estimate of drug-likeness (QED) is 0.529. The first-order valence-electron chi connectivity index (χ1n) is 7.25. The second kappa shape index (κ2) is 7.53. The van der Waals surface area contributed by atoms with Gasteiger partial charge in [-0.2, -0.15) is 0 Å². The van der Waals surface area contributed by atoms with E-state index in [0.717, 1.165) is 11.8 Å². The lowest BCUT2D eigenvalue weighted by Crippen LogP contribution is -2.09. The molecule has 2 unspecified atom stereocenters. The Balaban J connectivity index is 2.71. The van der Waals surface area contributed by atoms with Crippen LogP contribution < -0.4 is 0 Å². The molecule has 0 aliphatic rings. The van der Waals surface area contributed by atoms with E-state index in [4.69, 9.17) is 0 Å². The third kappa shape index (κ3) is 4.53. The van der Waals surface area contributed by atoms with E-state index in [2.05, 4.69) is 52.0 Å². The average molecular weight is 232 g/mol. The summed E-state index contributed by atoms with van der Waals surface area (Å²) in [6.45, 7) is 9.16. The van der Waals surface area contributed by atoms with Crippen molar-refractivity contribution in [3.8, 4) is 0 Å². The highest BCUT2D eigenvalue weighted by atomic mass is 14.2. The molecule has 0 saturated carbocycles. The van der Waals surface area contributed by atoms with E-state index in [1.807, 2.05) is 0 Å². The van der Waals surface area contributed by atoms with Gasteiger partial charge in [-0.05, 0) is 30.7 Å². The van der Waals surface area contributed by atoms with E-state index in [9.17, 15) is 0 Å². The third-order valence-electron chi connectivity index (χ3n) is 3.96. The van der Waals surface area contributed by atoms with Crippen LogP contribution in [0.1, 0.15) is 69.9 Å². The molecule has 0 aliphatic carbocycles. The molecule has 0 saturated heterocycles. The van der Waals surface area contributed by atoms with Crippen LogP contribution >= 0.6 is 0 Å². The molecule has 17 heavy (non-hydrogen) atoms. The normalized spacial score (nSPS) is 14.6. The lowest BCUT2D eigenvalue weighted by atomic mass is 9.82. The molecule has 0 aliphatic heterocycles. The lowest BCUT2D eigenvalue weighted by Gasteiger charge is -2.23. The van der Waals surface area contributed by atoms with Crippen LogP contribution in [-0.4, -0.2) is 0 Å². The van der Waals surface area contributed by atoms with Gasteiger partial charge >= 0.3 is 0 Å². The second-order valence-corrected chi connectivity index (χ2v) is 5.40. The van der Waals surface area contributed by atoms with E-state index in [0.29, 0.717) is 0 Å². The van der Waals surface area contributed by atoms with Gasteiger partial charge in [0, 0.05) is 0 Å². The smallest absolute Gasteiger partial charge is 0.0136 e. The zero-order chi connectivity index (χ0) is 12.7. The molecule has 0 N–H and O–H groups in total. The van der Waals surface area contributed by atoms with Gasteiger partial charge in [0.25, 0.3) is 0 Å². The minimum atomic E-state index is 0.757. The molecule has 0 radical (unpaired) electrons. The van der Waals surface area contributed by atoms with Gasteiger partial charge in [0.15, 0.2) is 0 Å². The van der Waals surface area contributed by atoms with E-state index >= 15 is 0 Å². The van der Waals surface area contributed by atoms with E-state index in [1.54, 1.807) is 5.56 Å². The molecule has 0 amide bonds. The van der Waals surface area contributed by atoms with Crippen molar-refractivity contribution >= 4 is 0 Å². The zero-order valence-corrected chi connectivity index (χ0v) is 12.0. The van der Waals surface area contributed by atoms with E-state index in [-0.39, 0.29) is 0 Å². The highest BCUT2D eigenvalue weighted by Crippen LogP contribution is 2.32. The van der Waals surface area contributed by atoms with Gasteiger partial charge in [0.05, 0.1) is 0 Å². The summed E-state index contributed by atoms with van der Waals surface area (Å²) in [7, 11) is 0. The molecule has 0 heterocycles. The molecule has 2 atom stereocenters. The number of rotatable bonds is 7. The van der Waals surface area contributed by atoms with Gasteiger partial charge in [-0.1, -0.05) is 76.3 Å². The maximum absolute atomic E-state index is 2.40. The molecule has 0 bridgehead atoms. The first-order chi connectivity index (χ1) is 8.19. The Morgan fingerprint density at radius 1 is 1.00 bits per heavy atom. The lowest BCUT2D eigenvalue weighted by molar-refractivity contribution is 0.408. The van der Waals surface area contributed by atoms with Crippen LogP contribution in [0.4, 0.5) is 0 Å². The Morgan fingerprint density at radius 2 is 1.65 bits per heavy atom. The number of benzene rings is 1. The number of unbranched alkanes of at least 4 members (excludes halogenated alkanes) is 2. The fraction of sp³-hybridized carbons (Fsp3) is 0.647. The maximum Gasteiger partial charge on any atom is -0.0136 e. The molecular weight excluding hydrogens is 204 g/mol. The Hall–Kier alpha value is -0.780. The van der Waals surface area contributed by atoms with Crippen molar-refractivity contribution in [1.29, 1.82) is 0 Å². The van der Waals surface area contributed by atoms with Gasteiger partial charge < -0.3 is 0 Å². The van der Waals surface area contributed by atoms with Crippen LogP contribution in [0.3, 0.4) is 0 Å². The molecule has 0 fully saturated rings. The van der Waals surface area contributed by atoms with Crippen LogP contribution in [0, 0.1) is 12.8 Å². The van der Waals surface area contributed by atoms with E-state index < -0.39 is 0 Å². The summed E-state index contributed by atoms with van der Waals surface area (Å²) in [5, 5.41) is 0. The molecule has 0 aromatic heterocycles. The van der Waals surface area contributed by atoms with Crippen molar-refractivity contribution < 1.29 is 0 Å².